The van der Waals surface area contributed by atoms with Crippen molar-refractivity contribution in [1.82, 2.24) is 14.1 Å². The molecule has 1 aromatic rings. The monoisotopic (exact) mass is 451 g/mol. The van der Waals surface area contributed by atoms with E-state index in [1.165, 1.54) is 17.3 Å². The molecule has 0 saturated heterocycles. The molecule has 2 rings (SSSR count). The van der Waals surface area contributed by atoms with E-state index in [-0.39, 0.29) is 35.6 Å². The third-order valence-electron chi connectivity index (χ3n) is 5.29. The van der Waals surface area contributed by atoms with Crippen LogP contribution in [0.15, 0.2) is 23.1 Å². The summed E-state index contributed by atoms with van der Waals surface area (Å²) in [6.07, 6.45) is -0.429. The Labute approximate surface area is 185 Å². The normalized spacial score (nSPS) is 21.7. The van der Waals surface area contributed by atoms with Crippen LogP contribution in [-0.2, 0) is 14.8 Å². The van der Waals surface area contributed by atoms with Crippen LogP contribution < -0.4 is 4.74 Å². The predicted octanol–water partition coefficient (Wildman–Crippen LogP) is 0.847. The lowest BCUT2D eigenvalue weighted by Crippen LogP contribution is -2.50. The number of ether oxygens (including phenoxy) is 1. The molecule has 0 fully saturated rings. The molecule has 3 atom stereocenters. The number of rotatable bonds is 5. The minimum absolute atomic E-state index is 0.0355. The van der Waals surface area contributed by atoms with Gasteiger partial charge >= 0.3 is 0 Å². The quantitative estimate of drug-likeness (QED) is 0.668. The summed E-state index contributed by atoms with van der Waals surface area (Å²) in [4.78, 5) is 15.3. The standard InChI is InChI=1S/C22H33N3O5S/c1-16-13-25(17(2)15-26)31(28,29)22-10-9-19(8-7-11-23(4)5)12-20(22)30-21(16)14-24(6)18(3)27/h9-10,12,16-17,21,26H,11,13-15H2,1-6H3/t16-,17-,21+/m1/s1. The number of carbonyl (C=O) groups is 1. The van der Waals surface area contributed by atoms with Gasteiger partial charge in [0.25, 0.3) is 0 Å². The first-order chi connectivity index (χ1) is 14.5. The van der Waals surface area contributed by atoms with Crippen LogP contribution in [-0.4, -0.2) is 93.1 Å². The number of hydrogen-bond acceptors (Lipinski definition) is 6. The van der Waals surface area contributed by atoms with Gasteiger partial charge in [0.05, 0.1) is 19.7 Å². The molecule has 1 N–H and O–H groups in total. The molecule has 9 heteroatoms. The molecule has 1 aliphatic rings. The van der Waals surface area contributed by atoms with Crippen molar-refractivity contribution in [2.24, 2.45) is 5.92 Å². The molecule has 0 saturated carbocycles. The van der Waals surface area contributed by atoms with E-state index < -0.39 is 22.2 Å². The van der Waals surface area contributed by atoms with E-state index in [1.807, 2.05) is 25.9 Å². The summed E-state index contributed by atoms with van der Waals surface area (Å²) < 4.78 is 34.3. The number of fused-ring (bicyclic) bond motifs is 1. The van der Waals surface area contributed by atoms with Crippen LogP contribution in [0.3, 0.4) is 0 Å². The molecule has 0 aromatic heterocycles. The Balaban J connectivity index is 2.56. The zero-order chi connectivity index (χ0) is 23.3. The molecule has 1 aliphatic heterocycles. The summed E-state index contributed by atoms with van der Waals surface area (Å²) in [6.45, 7) is 5.79. The van der Waals surface area contributed by atoms with Crippen molar-refractivity contribution in [1.29, 1.82) is 0 Å². The number of nitrogens with zero attached hydrogens (tertiary/aromatic N) is 3. The van der Waals surface area contributed by atoms with E-state index in [9.17, 15) is 18.3 Å². The second kappa shape index (κ2) is 10.5. The number of carbonyl (C=O) groups excluding carboxylic acids is 1. The third kappa shape index (κ3) is 6.20. The lowest BCUT2D eigenvalue weighted by Gasteiger charge is -2.37. The molecule has 1 amide bonds. The average molecular weight is 452 g/mol. The molecule has 0 bridgehead atoms. The van der Waals surface area contributed by atoms with Gasteiger partial charge < -0.3 is 14.7 Å². The summed E-state index contributed by atoms with van der Waals surface area (Å²) in [7, 11) is 1.62. The Morgan fingerprint density at radius 3 is 2.61 bits per heavy atom. The lowest BCUT2D eigenvalue weighted by molar-refractivity contribution is -0.129. The van der Waals surface area contributed by atoms with Gasteiger partial charge in [-0.3, -0.25) is 9.69 Å². The average Bonchev–Trinajstić information content (AvgIpc) is 2.69. The number of aliphatic hydroxyl groups is 1. The molecule has 1 heterocycles. The number of hydrogen-bond donors (Lipinski definition) is 1. The topological polar surface area (TPSA) is 90.4 Å². The van der Waals surface area contributed by atoms with Gasteiger partial charge in [-0.1, -0.05) is 18.8 Å². The lowest BCUT2D eigenvalue weighted by atomic mass is 10.0. The zero-order valence-corrected chi connectivity index (χ0v) is 19.9. The molecule has 31 heavy (non-hydrogen) atoms. The summed E-state index contributed by atoms with van der Waals surface area (Å²) in [5, 5.41) is 9.67. The first kappa shape index (κ1) is 25.1. The van der Waals surface area contributed by atoms with Crippen LogP contribution in [0, 0.1) is 17.8 Å². The van der Waals surface area contributed by atoms with Crippen molar-refractivity contribution in [3.63, 3.8) is 0 Å². The Morgan fingerprint density at radius 2 is 2.03 bits per heavy atom. The van der Waals surface area contributed by atoms with Crippen LogP contribution in [0.25, 0.3) is 0 Å². The number of benzene rings is 1. The highest BCUT2D eigenvalue weighted by Gasteiger charge is 2.38. The second-order valence-corrected chi connectivity index (χ2v) is 10.2. The van der Waals surface area contributed by atoms with Crippen molar-refractivity contribution in [3.05, 3.63) is 23.8 Å². The number of sulfonamides is 1. The molecule has 8 nitrogen and oxygen atoms in total. The maximum atomic E-state index is 13.4. The Hall–Kier alpha value is -2.12. The molecule has 172 valence electrons. The summed E-state index contributed by atoms with van der Waals surface area (Å²) in [5.41, 5.74) is 0.643. The fourth-order valence-corrected chi connectivity index (χ4v) is 5.05. The largest absolute Gasteiger partial charge is 0.487 e. The zero-order valence-electron chi connectivity index (χ0n) is 19.1. The fraction of sp³-hybridized carbons (Fsp3) is 0.591. The van der Waals surface area contributed by atoms with Crippen molar-refractivity contribution < 1.29 is 23.1 Å². The molecular weight excluding hydrogens is 418 g/mol. The highest BCUT2D eigenvalue weighted by atomic mass is 32.2. The molecular formula is C22H33N3O5S. The second-order valence-electron chi connectivity index (χ2n) is 8.34. The molecule has 0 unspecified atom stereocenters. The van der Waals surface area contributed by atoms with Crippen molar-refractivity contribution >= 4 is 15.9 Å². The van der Waals surface area contributed by atoms with Gasteiger partial charge in [0.1, 0.15) is 16.7 Å². The van der Waals surface area contributed by atoms with Gasteiger partial charge in [0.15, 0.2) is 0 Å². The van der Waals surface area contributed by atoms with E-state index in [0.29, 0.717) is 18.7 Å². The van der Waals surface area contributed by atoms with Crippen LogP contribution in [0.5, 0.6) is 5.75 Å². The number of likely N-dealkylation sites (N-methyl/N-ethyl adjacent to an activating group) is 1. The minimum atomic E-state index is -3.89. The summed E-state index contributed by atoms with van der Waals surface area (Å²) in [6, 6.07) is 4.20. The van der Waals surface area contributed by atoms with Crippen molar-refractivity contribution in [2.45, 2.75) is 37.8 Å². The maximum absolute atomic E-state index is 13.4. The molecule has 0 spiro atoms. The SMILES string of the molecule is CC(=O)N(C)C[C@@H]1Oc2cc(C#CCN(C)C)ccc2S(=O)(=O)N([C@H](C)CO)C[C@H]1C. The number of aliphatic hydroxyl groups excluding tert-OH is 1. The predicted molar refractivity (Wildman–Crippen MR) is 119 cm³/mol. The van der Waals surface area contributed by atoms with Gasteiger partial charge in [-0.15, -0.1) is 0 Å². The van der Waals surface area contributed by atoms with Crippen LogP contribution in [0.4, 0.5) is 0 Å². The van der Waals surface area contributed by atoms with Crippen LogP contribution >= 0.6 is 0 Å². The van der Waals surface area contributed by atoms with Gasteiger partial charge in [-0.2, -0.15) is 4.31 Å². The van der Waals surface area contributed by atoms with Crippen molar-refractivity contribution in [3.8, 4) is 17.6 Å². The maximum Gasteiger partial charge on any atom is 0.247 e. The Kier molecular flexibility index (Phi) is 8.49. The highest BCUT2D eigenvalue weighted by Crippen LogP contribution is 2.34. The first-order valence-corrected chi connectivity index (χ1v) is 11.7. The minimum Gasteiger partial charge on any atom is -0.487 e. The third-order valence-corrected chi connectivity index (χ3v) is 7.31. The van der Waals surface area contributed by atoms with Gasteiger partial charge in [-0.25, -0.2) is 8.42 Å². The van der Waals surface area contributed by atoms with E-state index in [4.69, 9.17) is 4.74 Å². The van der Waals surface area contributed by atoms with E-state index in [0.717, 1.165) is 0 Å². The van der Waals surface area contributed by atoms with Crippen molar-refractivity contribution in [2.75, 3.05) is 47.4 Å². The van der Waals surface area contributed by atoms with E-state index in [1.54, 1.807) is 31.0 Å². The first-order valence-electron chi connectivity index (χ1n) is 10.3. The smallest absolute Gasteiger partial charge is 0.247 e. The van der Waals surface area contributed by atoms with Gasteiger partial charge in [0, 0.05) is 38.0 Å². The summed E-state index contributed by atoms with van der Waals surface area (Å²) >= 11 is 0. The van der Waals surface area contributed by atoms with E-state index in [2.05, 4.69) is 11.8 Å². The number of amides is 1. The molecule has 0 aliphatic carbocycles. The van der Waals surface area contributed by atoms with Gasteiger partial charge in [-0.05, 0) is 39.2 Å². The Bertz CT molecular complexity index is 952. The Morgan fingerprint density at radius 1 is 1.35 bits per heavy atom. The fourth-order valence-electron chi connectivity index (χ4n) is 3.22. The van der Waals surface area contributed by atoms with E-state index >= 15 is 0 Å². The molecule has 1 aromatic carbocycles. The van der Waals surface area contributed by atoms with Crippen LogP contribution in [0.1, 0.15) is 26.3 Å². The highest BCUT2D eigenvalue weighted by molar-refractivity contribution is 7.89. The van der Waals surface area contributed by atoms with Gasteiger partial charge in [0.2, 0.25) is 15.9 Å². The summed E-state index contributed by atoms with van der Waals surface area (Å²) in [5.74, 6) is 5.96. The van der Waals surface area contributed by atoms with Crippen LogP contribution in [0.2, 0.25) is 0 Å². The molecule has 0 radical (unpaired) electrons.